The van der Waals surface area contributed by atoms with Crippen LogP contribution in [0.3, 0.4) is 0 Å². The van der Waals surface area contributed by atoms with Crippen LogP contribution in [0, 0.1) is 12.7 Å². The summed E-state index contributed by atoms with van der Waals surface area (Å²) in [6, 6.07) is 17.7. The molecular formula is C30H34FN7O4. The second kappa shape index (κ2) is 14.0. The number of carbonyl (C=O) groups excluding carboxylic acids is 2. The van der Waals surface area contributed by atoms with Gasteiger partial charge in [0, 0.05) is 32.7 Å². The predicted octanol–water partition coefficient (Wildman–Crippen LogP) is 2.99. The van der Waals surface area contributed by atoms with Crippen LogP contribution < -0.4 is 5.32 Å². The third-order valence-electron chi connectivity index (χ3n) is 7.04. The molecule has 220 valence electrons. The van der Waals surface area contributed by atoms with Gasteiger partial charge in [0.15, 0.2) is 5.76 Å². The zero-order chi connectivity index (χ0) is 29.3. The van der Waals surface area contributed by atoms with E-state index in [1.54, 1.807) is 12.1 Å². The van der Waals surface area contributed by atoms with E-state index >= 15 is 0 Å². The third-order valence-corrected chi connectivity index (χ3v) is 7.04. The van der Waals surface area contributed by atoms with Crippen molar-refractivity contribution >= 4 is 11.8 Å². The number of nitrogens with one attached hydrogen (secondary N) is 1. The summed E-state index contributed by atoms with van der Waals surface area (Å²) in [7, 11) is 0. The molecule has 2 amide bonds. The van der Waals surface area contributed by atoms with Crippen LogP contribution in [0.15, 0.2) is 71.1 Å². The number of aryl methyl sites for hydroxylation is 1. The first-order chi connectivity index (χ1) is 20.5. The van der Waals surface area contributed by atoms with Gasteiger partial charge in [0.25, 0.3) is 0 Å². The van der Waals surface area contributed by atoms with Gasteiger partial charge in [0.2, 0.25) is 17.6 Å². The number of hydrogen-bond acceptors (Lipinski definition) is 8. The molecule has 1 aliphatic heterocycles. The minimum Gasteiger partial charge on any atom is -0.458 e. The number of aromatic nitrogens is 4. The van der Waals surface area contributed by atoms with E-state index in [1.165, 1.54) is 34.0 Å². The molecule has 42 heavy (non-hydrogen) atoms. The van der Waals surface area contributed by atoms with E-state index in [-0.39, 0.29) is 37.3 Å². The molecule has 0 radical (unpaired) electrons. The number of nitrogens with zero attached hydrogens (tertiary/aromatic N) is 6. The minimum atomic E-state index is -0.998. The maximum atomic E-state index is 13.9. The van der Waals surface area contributed by atoms with Crippen molar-refractivity contribution in [3.63, 3.8) is 0 Å². The second-order valence-corrected chi connectivity index (χ2v) is 10.1. The number of benzene rings is 2. The summed E-state index contributed by atoms with van der Waals surface area (Å²) < 4.78 is 24.9. The lowest BCUT2D eigenvalue weighted by Gasteiger charge is -2.33. The summed E-state index contributed by atoms with van der Waals surface area (Å²) in [5.74, 6) is 0.222. The summed E-state index contributed by atoms with van der Waals surface area (Å²) in [6.45, 7) is 5.82. The molecule has 1 atom stereocenters. The zero-order valence-corrected chi connectivity index (χ0v) is 23.5. The molecule has 3 heterocycles. The molecule has 1 aliphatic rings. The van der Waals surface area contributed by atoms with Crippen LogP contribution in [0.4, 0.5) is 4.39 Å². The quantitative estimate of drug-likeness (QED) is 0.274. The first kappa shape index (κ1) is 29.1. The van der Waals surface area contributed by atoms with Crippen LogP contribution in [-0.4, -0.2) is 81.2 Å². The molecule has 1 fully saturated rings. The molecule has 4 aromatic rings. The number of ether oxygens (including phenoxy) is 1. The van der Waals surface area contributed by atoms with Gasteiger partial charge in [-0.1, -0.05) is 42.5 Å². The number of carbonyl (C=O) groups is 2. The van der Waals surface area contributed by atoms with Crippen LogP contribution in [0.5, 0.6) is 0 Å². The molecule has 0 bridgehead atoms. The van der Waals surface area contributed by atoms with Gasteiger partial charge in [-0.15, -0.1) is 10.2 Å². The Morgan fingerprint density at radius 2 is 1.81 bits per heavy atom. The average molecular weight is 576 g/mol. The van der Waals surface area contributed by atoms with Crippen molar-refractivity contribution in [1.82, 2.24) is 35.3 Å². The lowest BCUT2D eigenvalue weighted by molar-refractivity contribution is -0.142. The van der Waals surface area contributed by atoms with Crippen molar-refractivity contribution in [2.75, 3.05) is 39.4 Å². The van der Waals surface area contributed by atoms with Crippen LogP contribution in [0.1, 0.15) is 29.3 Å². The standard InChI is InChI=1S/C30H34FN7O4/c1-22-8-13-26(42-22)29-33-35-38(34-29)21-27(39)37(15-5-14-36-16-18-41-19-17-36)28(24-9-11-25(31)12-10-24)30(40)32-20-23-6-3-2-4-7-23/h2-4,6-13,28H,5,14-21H2,1H3,(H,32,40)/t28-/m1/s1. The van der Waals surface area contributed by atoms with Crippen molar-refractivity contribution < 1.29 is 23.1 Å². The van der Waals surface area contributed by atoms with Crippen LogP contribution in [0.2, 0.25) is 0 Å². The topological polar surface area (TPSA) is 119 Å². The minimum absolute atomic E-state index is 0.242. The highest BCUT2D eigenvalue weighted by Crippen LogP contribution is 2.24. The average Bonchev–Trinajstić information content (AvgIpc) is 3.66. The number of furan rings is 1. The number of tetrazole rings is 1. The molecule has 0 saturated carbocycles. The molecule has 11 nitrogen and oxygen atoms in total. The fourth-order valence-corrected chi connectivity index (χ4v) is 4.86. The monoisotopic (exact) mass is 575 g/mol. The van der Waals surface area contributed by atoms with Crippen molar-refractivity contribution in [1.29, 1.82) is 0 Å². The Balaban J connectivity index is 1.38. The van der Waals surface area contributed by atoms with E-state index in [1.807, 2.05) is 37.3 Å². The molecule has 1 saturated heterocycles. The van der Waals surface area contributed by atoms with Crippen molar-refractivity contribution in [3.05, 3.63) is 89.4 Å². The maximum Gasteiger partial charge on any atom is 0.247 e. The van der Waals surface area contributed by atoms with E-state index in [0.29, 0.717) is 36.7 Å². The van der Waals surface area contributed by atoms with E-state index in [4.69, 9.17) is 9.15 Å². The molecule has 0 aliphatic carbocycles. The number of amides is 2. The molecule has 5 rings (SSSR count). The van der Waals surface area contributed by atoms with Gasteiger partial charge in [-0.2, -0.15) is 4.80 Å². The Hall–Kier alpha value is -4.42. The molecular weight excluding hydrogens is 541 g/mol. The van der Waals surface area contributed by atoms with E-state index < -0.39 is 11.9 Å². The first-order valence-electron chi connectivity index (χ1n) is 14.0. The van der Waals surface area contributed by atoms with Gasteiger partial charge in [0.05, 0.1) is 13.2 Å². The number of hydrogen-bond donors (Lipinski definition) is 1. The van der Waals surface area contributed by atoms with E-state index in [9.17, 15) is 14.0 Å². The van der Waals surface area contributed by atoms with Crippen molar-refractivity contribution in [3.8, 4) is 11.6 Å². The summed E-state index contributed by atoms with van der Waals surface area (Å²) in [6.07, 6.45) is 0.622. The van der Waals surface area contributed by atoms with Crippen molar-refractivity contribution in [2.45, 2.75) is 32.5 Å². The van der Waals surface area contributed by atoms with Gasteiger partial charge in [-0.3, -0.25) is 14.5 Å². The summed E-state index contributed by atoms with van der Waals surface area (Å²) in [5, 5.41) is 15.3. The van der Waals surface area contributed by atoms with Gasteiger partial charge in [0.1, 0.15) is 24.2 Å². The maximum absolute atomic E-state index is 13.9. The smallest absolute Gasteiger partial charge is 0.247 e. The van der Waals surface area contributed by atoms with Crippen LogP contribution >= 0.6 is 0 Å². The number of halogens is 1. The Morgan fingerprint density at radius 3 is 2.52 bits per heavy atom. The Labute approximate surface area is 243 Å². The lowest BCUT2D eigenvalue weighted by atomic mass is 10.0. The molecule has 12 heteroatoms. The number of rotatable bonds is 12. The molecule has 0 spiro atoms. The fourth-order valence-electron chi connectivity index (χ4n) is 4.86. The van der Waals surface area contributed by atoms with E-state index in [0.717, 1.165) is 25.2 Å². The molecule has 0 unspecified atom stereocenters. The summed E-state index contributed by atoms with van der Waals surface area (Å²) in [4.78, 5) is 32.6. The predicted molar refractivity (Wildman–Crippen MR) is 151 cm³/mol. The SMILES string of the molecule is Cc1ccc(-c2nnn(CC(=O)N(CCCN3CCOCC3)[C@@H](C(=O)NCc3ccccc3)c3ccc(F)cc3)n2)o1. The van der Waals surface area contributed by atoms with Crippen LogP contribution in [0.25, 0.3) is 11.6 Å². The Kier molecular flexibility index (Phi) is 9.67. The zero-order valence-electron chi connectivity index (χ0n) is 23.5. The van der Waals surface area contributed by atoms with Gasteiger partial charge in [-0.05, 0) is 54.0 Å². The largest absolute Gasteiger partial charge is 0.458 e. The Bertz CT molecular complexity index is 1450. The van der Waals surface area contributed by atoms with Crippen LogP contribution in [-0.2, 0) is 27.4 Å². The van der Waals surface area contributed by atoms with Gasteiger partial charge >= 0.3 is 0 Å². The van der Waals surface area contributed by atoms with Gasteiger partial charge < -0.3 is 19.4 Å². The summed E-state index contributed by atoms with van der Waals surface area (Å²) >= 11 is 0. The highest BCUT2D eigenvalue weighted by Gasteiger charge is 2.32. The van der Waals surface area contributed by atoms with E-state index in [2.05, 4.69) is 25.6 Å². The number of morpholine rings is 1. The Morgan fingerprint density at radius 1 is 1.05 bits per heavy atom. The highest BCUT2D eigenvalue weighted by molar-refractivity contribution is 5.88. The van der Waals surface area contributed by atoms with Crippen molar-refractivity contribution in [2.24, 2.45) is 0 Å². The first-order valence-corrected chi connectivity index (χ1v) is 14.0. The fraction of sp³-hybridized carbons (Fsp3) is 0.367. The molecule has 1 N–H and O–H groups in total. The highest BCUT2D eigenvalue weighted by atomic mass is 19.1. The second-order valence-electron chi connectivity index (χ2n) is 10.1. The van der Waals surface area contributed by atoms with Gasteiger partial charge in [-0.25, -0.2) is 4.39 Å². The normalized spacial score (nSPS) is 14.4. The summed E-state index contributed by atoms with van der Waals surface area (Å²) in [5.41, 5.74) is 1.42. The molecule has 2 aromatic carbocycles. The molecule has 2 aromatic heterocycles. The third kappa shape index (κ3) is 7.65. The lowest BCUT2D eigenvalue weighted by Crippen LogP contribution is -2.46.